The summed E-state index contributed by atoms with van der Waals surface area (Å²) in [4.78, 5) is 16.4. The van der Waals surface area contributed by atoms with E-state index in [1.807, 2.05) is 6.07 Å². The Balaban J connectivity index is 2.10. The third-order valence-corrected chi connectivity index (χ3v) is 4.39. The lowest BCUT2D eigenvalue weighted by Gasteiger charge is -2.31. The Morgan fingerprint density at radius 1 is 1.29 bits per heavy atom. The molecule has 0 spiro atoms. The number of halogens is 1. The molecule has 0 N–H and O–H groups in total. The van der Waals surface area contributed by atoms with E-state index in [0.29, 0.717) is 5.92 Å². The molecule has 1 heterocycles. The number of hydrogen-bond acceptors (Lipinski definition) is 2. The zero-order valence-corrected chi connectivity index (χ0v) is 11.9. The molecule has 92 valence electrons. The van der Waals surface area contributed by atoms with Gasteiger partial charge in [0.25, 0.3) is 0 Å². The van der Waals surface area contributed by atoms with E-state index in [4.69, 9.17) is 0 Å². The molecule has 2 nitrogen and oxygen atoms in total. The third kappa shape index (κ3) is 2.95. The summed E-state index contributed by atoms with van der Waals surface area (Å²) >= 11 is 3.36. The van der Waals surface area contributed by atoms with E-state index in [1.54, 1.807) is 12.4 Å². The van der Waals surface area contributed by atoms with Crippen LogP contribution >= 0.6 is 15.9 Å². The van der Waals surface area contributed by atoms with Crippen molar-refractivity contribution in [3.05, 3.63) is 28.5 Å². The molecule has 17 heavy (non-hydrogen) atoms. The Bertz CT molecular complexity index is 418. The number of aromatic nitrogens is 1. The third-order valence-electron chi connectivity index (χ3n) is 3.96. The van der Waals surface area contributed by atoms with Gasteiger partial charge in [-0.3, -0.25) is 9.78 Å². The van der Waals surface area contributed by atoms with Crippen LogP contribution in [-0.2, 0) is 0 Å². The Morgan fingerprint density at radius 2 is 2.06 bits per heavy atom. The second-order valence-electron chi connectivity index (χ2n) is 5.22. The van der Waals surface area contributed by atoms with Gasteiger partial charge in [-0.25, -0.2) is 0 Å². The van der Waals surface area contributed by atoms with Crippen LogP contribution in [0.4, 0.5) is 0 Å². The van der Waals surface area contributed by atoms with Gasteiger partial charge in [-0.2, -0.15) is 0 Å². The molecular formula is C14H18BrNO. The number of hydrogen-bond donors (Lipinski definition) is 0. The van der Waals surface area contributed by atoms with Crippen molar-refractivity contribution < 1.29 is 4.79 Å². The average Bonchev–Trinajstić information content (AvgIpc) is 2.32. The number of pyridine rings is 1. The molecular weight excluding hydrogens is 278 g/mol. The summed E-state index contributed by atoms with van der Waals surface area (Å²) in [6, 6.07) is 1.87. The lowest BCUT2D eigenvalue weighted by molar-refractivity contribution is 0.0837. The SMILES string of the molecule is CC1CCC(C(=O)c2cncc(Br)c2)CC1C. The van der Waals surface area contributed by atoms with Gasteiger partial charge in [-0.15, -0.1) is 0 Å². The molecule has 3 heteroatoms. The van der Waals surface area contributed by atoms with Crippen LogP contribution in [0.15, 0.2) is 22.9 Å². The van der Waals surface area contributed by atoms with Crippen LogP contribution in [0.1, 0.15) is 43.5 Å². The van der Waals surface area contributed by atoms with Crippen LogP contribution < -0.4 is 0 Å². The summed E-state index contributed by atoms with van der Waals surface area (Å²) < 4.78 is 0.876. The zero-order chi connectivity index (χ0) is 12.4. The second kappa shape index (κ2) is 5.30. The summed E-state index contributed by atoms with van der Waals surface area (Å²) in [5.41, 5.74) is 0.742. The van der Waals surface area contributed by atoms with Gasteiger partial charge in [0, 0.05) is 28.3 Å². The Labute approximate surface area is 111 Å². The molecule has 3 atom stereocenters. The molecule has 0 aromatic carbocycles. The predicted molar refractivity (Wildman–Crippen MR) is 71.9 cm³/mol. The molecule has 0 radical (unpaired) electrons. The van der Waals surface area contributed by atoms with Crippen molar-refractivity contribution in [3.8, 4) is 0 Å². The first-order valence-electron chi connectivity index (χ1n) is 6.22. The molecule has 0 saturated heterocycles. The normalized spacial score (nSPS) is 29.0. The highest BCUT2D eigenvalue weighted by Crippen LogP contribution is 2.35. The van der Waals surface area contributed by atoms with Crippen LogP contribution in [0.25, 0.3) is 0 Å². The van der Waals surface area contributed by atoms with E-state index in [1.165, 1.54) is 6.42 Å². The summed E-state index contributed by atoms with van der Waals surface area (Å²) in [6.45, 7) is 4.54. The number of rotatable bonds is 2. The second-order valence-corrected chi connectivity index (χ2v) is 6.14. The van der Waals surface area contributed by atoms with E-state index >= 15 is 0 Å². The Morgan fingerprint density at radius 3 is 2.71 bits per heavy atom. The van der Waals surface area contributed by atoms with E-state index in [0.717, 1.165) is 28.8 Å². The van der Waals surface area contributed by atoms with E-state index in [9.17, 15) is 4.79 Å². The Hall–Kier alpha value is -0.700. The van der Waals surface area contributed by atoms with Gasteiger partial charge in [0.1, 0.15) is 0 Å². The molecule has 1 aliphatic rings. The van der Waals surface area contributed by atoms with Crippen LogP contribution in [0.3, 0.4) is 0 Å². The first kappa shape index (κ1) is 12.7. The first-order valence-corrected chi connectivity index (χ1v) is 7.02. The van der Waals surface area contributed by atoms with Crippen LogP contribution in [0.2, 0.25) is 0 Å². The van der Waals surface area contributed by atoms with Crippen molar-refractivity contribution in [2.75, 3.05) is 0 Å². The zero-order valence-electron chi connectivity index (χ0n) is 10.3. The maximum Gasteiger partial charge on any atom is 0.167 e. The first-order chi connectivity index (χ1) is 8.08. The Kier molecular flexibility index (Phi) is 3.97. The number of nitrogens with zero attached hydrogens (tertiary/aromatic N) is 1. The van der Waals surface area contributed by atoms with E-state index in [2.05, 4.69) is 34.8 Å². The number of carbonyl (C=O) groups excluding carboxylic acids is 1. The molecule has 0 amide bonds. The lowest BCUT2D eigenvalue weighted by Crippen LogP contribution is -2.26. The van der Waals surface area contributed by atoms with Gasteiger partial charge in [0.05, 0.1) is 0 Å². The van der Waals surface area contributed by atoms with Gasteiger partial charge in [-0.1, -0.05) is 13.8 Å². The molecule has 1 saturated carbocycles. The van der Waals surface area contributed by atoms with Gasteiger partial charge in [-0.05, 0) is 53.1 Å². The number of carbonyl (C=O) groups is 1. The number of Topliss-reactive ketones (excluding diaryl/α,β-unsaturated/α-hetero) is 1. The van der Waals surface area contributed by atoms with Crippen molar-refractivity contribution in [2.24, 2.45) is 17.8 Å². The van der Waals surface area contributed by atoms with Gasteiger partial charge < -0.3 is 0 Å². The summed E-state index contributed by atoms with van der Waals surface area (Å²) in [6.07, 6.45) is 6.60. The van der Waals surface area contributed by atoms with Crippen molar-refractivity contribution in [2.45, 2.75) is 33.1 Å². The molecule has 2 rings (SSSR count). The molecule has 3 unspecified atom stereocenters. The highest BCUT2D eigenvalue weighted by Gasteiger charge is 2.29. The smallest absolute Gasteiger partial charge is 0.167 e. The predicted octanol–water partition coefficient (Wildman–Crippen LogP) is 4.10. The van der Waals surface area contributed by atoms with Crippen molar-refractivity contribution in [1.29, 1.82) is 0 Å². The maximum atomic E-state index is 12.3. The standard InChI is InChI=1S/C14H18BrNO/c1-9-3-4-11(5-10(9)2)14(17)12-6-13(15)8-16-7-12/h6-11H,3-5H2,1-2H3. The highest BCUT2D eigenvalue weighted by molar-refractivity contribution is 9.10. The summed E-state index contributed by atoms with van der Waals surface area (Å²) in [5.74, 6) is 1.85. The van der Waals surface area contributed by atoms with Gasteiger partial charge in [0.15, 0.2) is 5.78 Å². The molecule has 1 aromatic heterocycles. The van der Waals surface area contributed by atoms with Crippen molar-refractivity contribution in [3.63, 3.8) is 0 Å². The largest absolute Gasteiger partial charge is 0.294 e. The van der Waals surface area contributed by atoms with Gasteiger partial charge >= 0.3 is 0 Å². The lowest BCUT2D eigenvalue weighted by atomic mass is 9.73. The average molecular weight is 296 g/mol. The molecule has 1 fully saturated rings. The van der Waals surface area contributed by atoms with Crippen molar-refractivity contribution >= 4 is 21.7 Å². The number of ketones is 1. The van der Waals surface area contributed by atoms with Crippen LogP contribution in [0.5, 0.6) is 0 Å². The minimum absolute atomic E-state index is 0.192. The fourth-order valence-corrected chi connectivity index (χ4v) is 2.93. The maximum absolute atomic E-state index is 12.3. The topological polar surface area (TPSA) is 30.0 Å². The van der Waals surface area contributed by atoms with Crippen LogP contribution in [-0.4, -0.2) is 10.8 Å². The summed E-state index contributed by atoms with van der Waals surface area (Å²) in [7, 11) is 0. The quantitative estimate of drug-likeness (QED) is 0.769. The minimum atomic E-state index is 0.192. The molecule has 0 aliphatic heterocycles. The molecule has 1 aliphatic carbocycles. The summed E-state index contributed by atoms with van der Waals surface area (Å²) in [5, 5.41) is 0. The fraction of sp³-hybridized carbons (Fsp3) is 0.571. The van der Waals surface area contributed by atoms with E-state index in [-0.39, 0.29) is 11.7 Å². The van der Waals surface area contributed by atoms with Crippen molar-refractivity contribution in [1.82, 2.24) is 4.98 Å². The fourth-order valence-electron chi connectivity index (χ4n) is 2.57. The van der Waals surface area contributed by atoms with Crippen LogP contribution in [0, 0.1) is 17.8 Å². The van der Waals surface area contributed by atoms with Gasteiger partial charge in [0.2, 0.25) is 0 Å². The monoisotopic (exact) mass is 295 g/mol. The highest BCUT2D eigenvalue weighted by atomic mass is 79.9. The van der Waals surface area contributed by atoms with E-state index < -0.39 is 0 Å². The molecule has 0 bridgehead atoms. The minimum Gasteiger partial charge on any atom is -0.294 e. The molecule has 1 aromatic rings.